The maximum Gasteiger partial charge on any atom is 0.422 e. The molecular formula is C18H22F3N3O2. The van der Waals surface area contributed by atoms with Crippen molar-refractivity contribution in [2.45, 2.75) is 37.7 Å². The molecule has 1 aliphatic rings. The minimum absolute atomic E-state index is 0.113. The minimum Gasteiger partial charge on any atom is -0.484 e. The van der Waals surface area contributed by atoms with Crippen molar-refractivity contribution in [3.8, 4) is 5.75 Å². The topological polar surface area (TPSA) is 48.3 Å². The van der Waals surface area contributed by atoms with Crippen LogP contribution in [-0.4, -0.2) is 35.0 Å². The summed E-state index contributed by atoms with van der Waals surface area (Å²) in [6.07, 6.45) is 1.15. The molecule has 1 aromatic carbocycles. The highest BCUT2D eigenvalue weighted by molar-refractivity contribution is 5.27. The number of rotatable bonds is 6. The molecule has 0 amide bonds. The Bertz CT molecular complexity index is 700. The van der Waals surface area contributed by atoms with Crippen molar-refractivity contribution in [1.29, 1.82) is 0 Å². The van der Waals surface area contributed by atoms with Gasteiger partial charge in [0.1, 0.15) is 17.7 Å². The van der Waals surface area contributed by atoms with Crippen LogP contribution in [0.15, 0.2) is 36.7 Å². The zero-order chi connectivity index (χ0) is 18.6. The lowest BCUT2D eigenvalue weighted by atomic mass is 10.0. The average Bonchev–Trinajstić information content (AvgIpc) is 3.04. The molecule has 3 rings (SSSR count). The van der Waals surface area contributed by atoms with E-state index in [0.29, 0.717) is 13.2 Å². The highest BCUT2D eigenvalue weighted by Gasteiger charge is 2.30. The zero-order valence-electron chi connectivity index (χ0n) is 14.5. The molecule has 1 aromatic heterocycles. The van der Waals surface area contributed by atoms with Gasteiger partial charge in [-0.05, 0) is 30.5 Å². The van der Waals surface area contributed by atoms with Gasteiger partial charge < -0.3 is 19.4 Å². The Hall–Kier alpha value is -2.06. The van der Waals surface area contributed by atoms with Crippen molar-refractivity contribution in [3.63, 3.8) is 0 Å². The number of benzene rings is 1. The second-order valence-corrected chi connectivity index (χ2v) is 6.37. The van der Waals surface area contributed by atoms with Crippen molar-refractivity contribution in [1.82, 2.24) is 14.9 Å². The summed E-state index contributed by atoms with van der Waals surface area (Å²) >= 11 is 0. The molecule has 1 N–H and O–H groups in total. The van der Waals surface area contributed by atoms with E-state index in [9.17, 15) is 13.2 Å². The SMILES string of the molecule is Cn1ccnc1[C@H]1OCCC[C@@H]1NCc1ccc(OCC(F)(F)F)cc1. The minimum atomic E-state index is -4.33. The molecule has 0 spiro atoms. The van der Waals surface area contributed by atoms with Gasteiger partial charge in [0.2, 0.25) is 0 Å². The Morgan fingerprint density at radius 3 is 2.73 bits per heavy atom. The predicted octanol–water partition coefficient (Wildman–Crippen LogP) is 3.37. The number of halogens is 3. The third kappa shape index (κ3) is 4.98. The normalized spacial score (nSPS) is 20.9. The van der Waals surface area contributed by atoms with Crippen LogP contribution < -0.4 is 10.1 Å². The van der Waals surface area contributed by atoms with Crippen molar-refractivity contribution in [3.05, 3.63) is 48.0 Å². The molecule has 1 aliphatic heterocycles. The van der Waals surface area contributed by atoms with E-state index in [1.165, 1.54) is 0 Å². The van der Waals surface area contributed by atoms with Gasteiger partial charge in [0.05, 0.1) is 0 Å². The van der Waals surface area contributed by atoms with E-state index in [1.807, 2.05) is 17.8 Å². The molecule has 0 saturated carbocycles. The van der Waals surface area contributed by atoms with Crippen LogP contribution in [0.1, 0.15) is 30.3 Å². The maximum atomic E-state index is 12.2. The Morgan fingerprint density at radius 2 is 2.08 bits per heavy atom. The molecule has 142 valence electrons. The number of aromatic nitrogens is 2. The van der Waals surface area contributed by atoms with Crippen LogP contribution in [0.2, 0.25) is 0 Å². The first-order valence-electron chi connectivity index (χ1n) is 8.53. The quantitative estimate of drug-likeness (QED) is 0.848. The first kappa shape index (κ1) is 18.7. The summed E-state index contributed by atoms with van der Waals surface area (Å²) < 4.78 is 49.1. The van der Waals surface area contributed by atoms with Gasteiger partial charge in [0.15, 0.2) is 6.61 Å². The third-order valence-electron chi connectivity index (χ3n) is 4.33. The molecule has 5 nitrogen and oxygen atoms in total. The lowest BCUT2D eigenvalue weighted by Gasteiger charge is -2.32. The standard InChI is InChI=1S/C18H22F3N3O2/c1-24-9-8-22-17(24)16-15(3-2-10-25-16)23-11-13-4-6-14(7-5-13)26-12-18(19,20)21/h4-9,15-16,23H,2-3,10-12H2,1H3/t15-,16-/m0/s1. The van der Waals surface area contributed by atoms with Gasteiger partial charge in [-0.2, -0.15) is 13.2 Å². The second-order valence-electron chi connectivity index (χ2n) is 6.37. The fourth-order valence-corrected chi connectivity index (χ4v) is 3.01. The van der Waals surface area contributed by atoms with E-state index < -0.39 is 12.8 Å². The monoisotopic (exact) mass is 369 g/mol. The summed E-state index contributed by atoms with van der Waals surface area (Å²) in [6, 6.07) is 6.76. The number of imidazole rings is 1. The van der Waals surface area contributed by atoms with Crippen LogP contribution in [0.5, 0.6) is 5.75 Å². The number of hydrogen-bond acceptors (Lipinski definition) is 4. The Labute approximate surface area is 150 Å². The van der Waals surface area contributed by atoms with E-state index in [-0.39, 0.29) is 17.9 Å². The number of aryl methyl sites for hydroxylation is 1. The van der Waals surface area contributed by atoms with Gasteiger partial charge in [-0.15, -0.1) is 0 Å². The number of nitrogens with one attached hydrogen (secondary N) is 1. The van der Waals surface area contributed by atoms with Crippen molar-refractivity contribution in [2.24, 2.45) is 7.05 Å². The Balaban J connectivity index is 1.56. The average molecular weight is 369 g/mol. The number of hydrogen-bond donors (Lipinski definition) is 1. The van der Waals surface area contributed by atoms with E-state index in [0.717, 1.165) is 24.2 Å². The van der Waals surface area contributed by atoms with Crippen LogP contribution in [0, 0.1) is 0 Å². The van der Waals surface area contributed by atoms with E-state index in [1.54, 1.807) is 30.5 Å². The van der Waals surface area contributed by atoms with Crippen LogP contribution in [0.3, 0.4) is 0 Å². The third-order valence-corrected chi connectivity index (χ3v) is 4.33. The number of alkyl halides is 3. The fourth-order valence-electron chi connectivity index (χ4n) is 3.01. The summed E-state index contributed by atoms with van der Waals surface area (Å²) in [5, 5.41) is 3.48. The molecule has 26 heavy (non-hydrogen) atoms. The van der Waals surface area contributed by atoms with Gasteiger partial charge in [-0.25, -0.2) is 4.98 Å². The first-order valence-corrected chi connectivity index (χ1v) is 8.53. The summed E-state index contributed by atoms with van der Waals surface area (Å²) in [5.74, 6) is 1.09. The van der Waals surface area contributed by atoms with Gasteiger partial charge >= 0.3 is 6.18 Å². The molecule has 0 radical (unpaired) electrons. The summed E-state index contributed by atoms with van der Waals surface area (Å²) in [6.45, 7) is 0.0187. The molecule has 0 bridgehead atoms. The van der Waals surface area contributed by atoms with Gasteiger partial charge in [-0.1, -0.05) is 12.1 Å². The maximum absolute atomic E-state index is 12.2. The summed E-state index contributed by atoms with van der Waals surface area (Å²) in [4.78, 5) is 4.39. The van der Waals surface area contributed by atoms with Crippen molar-refractivity contribution < 1.29 is 22.6 Å². The lowest BCUT2D eigenvalue weighted by molar-refractivity contribution is -0.153. The molecule has 2 aromatic rings. The van der Waals surface area contributed by atoms with E-state index >= 15 is 0 Å². The van der Waals surface area contributed by atoms with Crippen LogP contribution in [0.25, 0.3) is 0 Å². The molecule has 2 atom stereocenters. The molecule has 8 heteroatoms. The van der Waals surface area contributed by atoms with Crippen molar-refractivity contribution in [2.75, 3.05) is 13.2 Å². The van der Waals surface area contributed by atoms with Crippen LogP contribution in [0.4, 0.5) is 13.2 Å². The van der Waals surface area contributed by atoms with E-state index in [2.05, 4.69) is 10.3 Å². The molecular weight excluding hydrogens is 347 g/mol. The first-order chi connectivity index (χ1) is 12.4. The smallest absolute Gasteiger partial charge is 0.422 e. The summed E-state index contributed by atoms with van der Waals surface area (Å²) in [5.41, 5.74) is 0.966. The fraction of sp³-hybridized carbons (Fsp3) is 0.500. The number of nitrogens with zero attached hydrogens (tertiary/aromatic N) is 2. The Kier molecular flexibility index (Phi) is 5.83. The van der Waals surface area contributed by atoms with Gasteiger partial charge in [0.25, 0.3) is 0 Å². The van der Waals surface area contributed by atoms with Crippen LogP contribution >= 0.6 is 0 Å². The Morgan fingerprint density at radius 1 is 1.31 bits per heavy atom. The zero-order valence-corrected chi connectivity index (χ0v) is 14.5. The molecule has 2 heterocycles. The van der Waals surface area contributed by atoms with Crippen molar-refractivity contribution >= 4 is 0 Å². The van der Waals surface area contributed by atoms with Gasteiger partial charge in [0, 0.05) is 38.6 Å². The van der Waals surface area contributed by atoms with E-state index in [4.69, 9.17) is 9.47 Å². The lowest BCUT2D eigenvalue weighted by Crippen LogP contribution is -2.40. The molecule has 0 unspecified atom stereocenters. The highest BCUT2D eigenvalue weighted by Crippen LogP contribution is 2.27. The largest absolute Gasteiger partial charge is 0.484 e. The van der Waals surface area contributed by atoms with Crippen LogP contribution in [-0.2, 0) is 18.3 Å². The van der Waals surface area contributed by atoms with Gasteiger partial charge in [-0.3, -0.25) is 0 Å². The molecule has 1 saturated heterocycles. The summed E-state index contributed by atoms with van der Waals surface area (Å²) in [7, 11) is 1.94. The number of ether oxygens (including phenoxy) is 2. The highest BCUT2D eigenvalue weighted by atomic mass is 19.4. The molecule has 1 fully saturated rings. The molecule has 0 aliphatic carbocycles. The second kappa shape index (κ2) is 8.09. The predicted molar refractivity (Wildman–Crippen MR) is 89.8 cm³/mol.